The van der Waals surface area contributed by atoms with E-state index in [4.69, 9.17) is 19.4 Å². The molecule has 1 N–H and O–H groups in total. The predicted octanol–water partition coefficient (Wildman–Crippen LogP) is 7.12. The number of pyridine rings is 1. The molecular formula is C35H41N7O3. The van der Waals surface area contributed by atoms with E-state index >= 15 is 0 Å². The van der Waals surface area contributed by atoms with Gasteiger partial charge in [0.05, 0.1) is 37.3 Å². The van der Waals surface area contributed by atoms with Crippen molar-refractivity contribution in [1.82, 2.24) is 19.9 Å². The number of anilines is 5. The summed E-state index contributed by atoms with van der Waals surface area (Å²) in [7, 11) is 3.76. The molecule has 234 valence electrons. The van der Waals surface area contributed by atoms with Gasteiger partial charge in [-0.3, -0.25) is 4.90 Å². The van der Waals surface area contributed by atoms with Gasteiger partial charge in [0.15, 0.2) is 5.82 Å². The molecule has 10 heteroatoms. The van der Waals surface area contributed by atoms with Crippen LogP contribution in [-0.2, 0) is 6.54 Å². The number of rotatable bonds is 8. The Morgan fingerprint density at radius 1 is 0.978 bits per heavy atom. The Balaban J connectivity index is 1.37. The van der Waals surface area contributed by atoms with Crippen LogP contribution in [0.25, 0.3) is 0 Å². The normalized spacial score (nSPS) is 15.8. The minimum absolute atomic E-state index is 0.00659. The van der Waals surface area contributed by atoms with E-state index in [1.54, 1.807) is 41.4 Å². The van der Waals surface area contributed by atoms with Gasteiger partial charge < -0.3 is 19.7 Å². The summed E-state index contributed by atoms with van der Waals surface area (Å²) >= 11 is 0. The van der Waals surface area contributed by atoms with Crippen molar-refractivity contribution in [2.45, 2.75) is 59.1 Å². The number of fused-ring (bicyclic) bond motifs is 1. The number of piperidine rings is 1. The number of benzene rings is 2. The molecule has 1 saturated heterocycles. The van der Waals surface area contributed by atoms with E-state index < -0.39 is 0 Å². The third-order valence-corrected chi connectivity index (χ3v) is 8.50. The standard InChI is InChI=1S/C35H41N7O3/c1-22(2)45-30-18-26(25-14-16-40(5)17-15-25)10-12-29(30)38-34-37-19-27-21-41(32-23(3)8-7-9-24(32)4)35(43)42(33(27)39-34)31-13-11-28(44-6)20-36-31/h7-13,18-20,22,25H,14-17,21H2,1-6H3,(H,37,38,39). The highest BCUT2D eigenvalue weighted by molar-refractivity contribution is 6.10. The molecule has 2 amide bonds. The first-order chi connectivity index (χ1) is 21.7. The average molecular weight is 608 g/mol. The summed E-state index contributed by atoms with van der Waals surface area (Å²) in [5.74, 6) is 3.14. The zero-order chi connectivity index (χ0) is 31.7. The molecule has 0 bridgehead atoms. The lowest BCUT2D eigenvalue weighted by molar-refractivity contribution is 0.241. The van der Waals surface area contributed by atoms with Crippen molar-refractivity contribution in [1.29, 1.82) is 0 Å². The summed E-state index contributed by atoms with van der Waals surface area (Å²) in [6.45, 7) is 10.6. The molecule has 0 saturated carbocycles. The molecule has 2 aliphatic heterocycles. The lowest BCUT2D eigenvalue weighted by atomic mass is 9.89. The van der Waals surface area contributed by atoms with Crippen molar-refractivity contribution in [3.63, 3.8) is 0 Å². The van der Waals surface area contributed by atoms with Crippen LogP contribution in [0.3, 0.4) is 0 Å². The van der Waals surface area contributed by atoms with Crippen LogP contribution in [-0.4, -0.2) is 59.2 Å². The Labute approximate surface area is 265 Å². The fourth-order valence-electron chi connectivity index (χ4n) is 6.16. The molecule has 6 rings (SSSR count). The van der Waals surface area contributed by atoms with Crippen molar-refractivity contribution in [3.8, 4) is 11.5 Å². The number of methoxy groups -OCH3 is 1. The SMILES string of the molecule is COc1ccc(N2C(=O)N(c3c(C)cccc3C)Cc3cnc(Nc4ccc(C5CCN(C)CC5)cc4OC(C)C)nc32)nc1. The van der Waals surface area contributed by atoms with Gasteiger partial charge in [0, 0.05) is 11.8 Å². The maximum Gasteiger partial charge on any atom is 0.336 e. The Morgan fingerprint density at radius 2 is 1.73 bits per heavy atom. The lowest BCUT2D eigenvalue weighted by Crippen LogP contribution is -2.46. The maximum absolute atomic E-state index is 14.3. The summed E-state index contributed by atoms with van der Waals surface area (Å²) in [5.41, 5.74) is 5.74. The second kappa shape index (κ2) is 12.7. The molecular weight excluding hydrogens is 566 g/mol. The number of carbonyl (C=O) groups is 1. The van der Waals surface area contributed by atoms with Crippen LogP contribution in [0.4, 0.5) is 33.8 Å². The molecule has 4 aromatic rings. The Hall–Kier alpha value is -4.70. The average Bonchev–Trinajstić information content (AvgIpc) is 3.02. The number of hydrogen-bond donors (Lipinski definition) is 1. The molecule has 0 aliphatic carbocycles. The fourth-order valence-corrected chi connectivity index (χ4v) is 6.16. The number of ether oxygens (including phenoxy) is 2. The maximum atomic E-state index is 14.3. The highest BCUT2D eigenvalue weighted by atomic mass is 16.5. The molecule has 1 fully saturated rings. The number of para-hydroxylation sites is 1. The minimum atomic E-state index is -0.242. The molecule has 2 aromatic heterocycles. The van der Waals surface area contributed by atoms with Crippen molar-refractivity contribution in [3.05, 3.63) is 83.2 Å². The lowest BCUT2D eigenvalue weighted by Gasteiger charge is -2.36. The molecule has 0 atom stereocenters. The number of aromatic nitrogens is 3. The number of amides is 2. The number of nitrogens with zero attached hydrogens (tertiary/aromatic N) is 6. The molecule has 4 heterocycles. The van der Waals surface area contributed by atoms with Gasteiger partial charge in [-0.05, 0) is 108 Å². The van der Waals surface area contributed by atoms with E-state index in [-0.39, 0.29) is 12.1 Å². The highest BCUT2D eigenvalue weighted by Gasteiger charge is 2.36. The summed E-state index contributed by atoms with van der Waals surface area (Å²) in [4.78, 5) is 34.1. The summed E-state index contributed by atoms with van der Waals surface area (Å²) in [6.07, 6.45) is 5.63. The van der Waals surface area contributed by atoms with E-state index in [0.717, 1.165) is 59.7 Å². The molecule has 0 spiro atoms. The third-order valence-electron chi connectivity index (χ3n) is 8.50. The first kappa shape index (κ1) is 30.3. The molecule has 2 aromatic carbocycles. The van der Waals surface area contributed by atoms with Crippen LogP contribution in [0.5, 0.6) is 11.5 Å². The Kier molecular flexibility index (Phi) is 8.58. The zero-order valence-electron chi connectivity index (χ0n) is 26.9. The van der Waals surface area contributed by atoms with Gasteiger partial charge >= 0.3 is 6.03 Å². The number of hydrogen-bond acceptors (Lipinski definition) is 8. The highest BCUT2D eigenvalue weighted by Crippen LogP contribution is 2.39. The third kappa shape index (κ3) is 6.28. The van der Waals surface area contributed by atoms with E-state index in [1.165, 1.54) is 5.56 Å². The molecule has 2 aliphatic rings. The smallest absolute Gasteiger partial charge is 0.336 e. The van der Waals surface area contributed by atoms with Crippen molar-refractivity contribution in [2.24, 2.45) is 0 Å². The molecule has 10 nitrogen and oxygen atoms in total. The van der Waals surface area contributed by atoms with E-state index in [0.29, 0.717) is 35.8 Å². The number of likely N-dealkylation sites (tertiary alicyclic amines) is 1. The van der Waals surface area contributed by atoms with Gasteiger partial charge in [-0.25, -0.2) is 19.7 Å². The van der Waals surface area contributed by atoms with Crippen LogP contribution < -0.4 is 24.6 Å². The van der Waals surface area contributed by atoms with Crippen LogP contribution in [0, 0.1) is 13.8 Å². The Bertz CT molecular complexity index is 1660. The number of aryl methyl sites for hydroxylation is 2. The first-order valence-corrected chi connectivity index (χ1v) is 15.5. The minimum Gasteiger partial charge on any atom is -0.495 e. The van der Waals surface area contributed by atoms with Gasteiger partial charge in [-0.2, -0.15) is 4.98 Å². The van der Waals surface area contributed by atoms with Crippen LogP contribution >= 0.6 is 0 Å². The predicted molar refractivity (Wildman–Crippen MR) is 177 cm³/mol. The van der Waals surface area contributed by atoms with Crippen molar-refractivity contribution < 1.29 is 14.3 Å². The van der Waals surface area contributed by atoms with Gasteiger partial charge in [-0.15, -0.1) is 0 Å². The van der Waals surface area contributed by atoms with E-state index in [9.17, 15) is 4.79 Å². The monoisotopic (exact) mass is 607 g/mol. The van der Waals surface area contributed by atoms with Crippen molar-refractivity contribution >= 4 is 35.0 Å². The van der Waals surface area contributed by atoms with Gasteiger partial charge in [0.25, 0.3) is 0 Å². The van der Waals surface area contributed by atoms with Crippen LogP contribution in [0.2, 0.25) is 0 Å². The number of carbonyl (C=O) groups excluding carboxylic acids is 1. The summed E-state index contributed by atoms with van der Waals surface area (Å²) in [5, 5.41) is 3.38. The van der Waals surface area contributed by atoms with Crippen molar-refractivity contribution in [2.75, 3.05) is 42.4 Å². The number of urea groups is 1. The second-order valence-corrected chi connectivity index (χ2v) is 12.2. The van der Waals surface area contributed by atoms with Gasteiger partial charge in [-0.1, -0.05) is 24.3 Å². The van der Waals surface area contributed by atoms with E-state index in [1.807, 2.05) is 52.0 Å². The summed E-state index contributed by atoms with van der Waals surface area (Å²) < 4.78 is 11.6. The van der Waals surface area contributed by atoms with Gasteiger partial charge in [0.2, 0.25) is 5.95 Å². The fraction of sp³-hybridized carbons (Fsp3) is 0.371. The van der Waals surface area contributed by atoms with Gasteiger partial charge in [0.1, 0.15) is 17.3 Å². The largest absolute Gasteiger partial charge is 0.495 e. The van der Waals surface area contributed by atoms with Crippen LogP contribution in [0.15, 0.2) is 60.9 Å². The summed E-state index contributed by atoms with van der Waals surface area (Å²) in [6, 6.07) is 15.7. The first-order valence-electron chi connectivity index (χ1n) is 15.5. The quantitative estimate of drug-likeness (QED) is 0.226. The topological polar surface area (TPSA) is 96.0 Å². The van der Waals surface area contributed by atoms with Crippen LogP contribution in [0.1, 0.15) is 54.9 Å². The zero-order valence-corrected chi connectivity index (χ0v) is 26.9. The molecule has 45 heavy (non-hydrogen) atoms. The second-order valence-electron chi connectivity index (χ2n) is 12.2. The number of nitrogens with one attached hydrogen (secondary N) is 1. The van der Waals surface area contributed by atoms with E-state index in [2.05, 4.69) is 34.4 Å². The Morgan fingerprint density at radius 3 is 2.40 bits per heavy atom. The molecule has 0 unspecified atom stereocenters. The molecule has 0 radical (unpaired) electrons.